The van der Waals surface area contributed by atoms with E-state index in [1.165, 1.54) is 12.8 Å². The number of nitrogens with one attached hydrogen (secondary N) is 2. The van der Waals surface area contributed by atoms with Crippen LogP contribution in [0.2, 0.25) is 0 Å². The number of amides is 2. The van der Waals surface area contributed by atoms with E-state index in [-0.39, 0.29) is 12.5 Å². The monoisotopic (exact) mass is 270 g/mol. The SMILES string of the molecule is CC(C)C1(CNC(=O)NCCCCCC(=O)O)CC1. The van der Waals surface area contributed by atoms with E-state index in [1.54, 1.807) is 0 Å². The van der Waals surface area contributed by atoms with Crippen LogP contribution in [0.4, 0.5) is 4.79 Å². The molecule has 1 saturated carbocycles. The number of carboxylic acids is 1. The van der Waals surface area contributed by atoms with Crippen LogP contribution in [0.5, 0.6) is 0 Å². The molecule has 5 heteroatoms. The molecule has 110 valence electrons. The number of aliphatic carboxylic acids is 1. The molecule has 3 N–H and O–H groups in total. The molecular weight excluding hydrogens is 244 g/mol. The smallest absolute Gasteiger partial charge is 0.314 e. The van der Waals surface area contributed by atoms with Crippen LogP contribution in [0.1, 0.15) is 52.4 Å². The Morgan fingerprint density at radius 3 is 2.37 bits per heavy atom. The Morgan fingerprint density at radius 2 is 1.84 bits per heavy atom. The zero-order valence-corrected chi connectivity index (χ0v) is 12.0. The van der Waals surface area contributed by atoms with Crippen molar-refractivity contribution < 1.29 is 14.7 Å². The van der Waals surface area contributed by atoms with Gasteiger partial charge in [-0.2, -0.15) is 0 Å². The molecule has 0 heterocycles. The normalized spacial score (nSPS) is 16.2. The van der Waals surface area contributed by atoms with Gasteiger partial charge in [0, 0.05) is 19.5 Å². The van der Waals surface area contributed by atoms with Crippen LogP contribution < -0.4 is 10.6 Å². The molecule has 0 bridgehead atoms. The Bertz CT molecular complexity index is 312. The number of urea groups is 1. The van der Waals surface area contributed by atoms with Crippen LogP contribution in [0.25, 0.3) is 0 Å². The summed E-state index contributed by atoms with van der Waals surface area (Å²) in [5.74, 6) is -0.141. The highest BCUT2D eigenvalue weighted by molar-refractivity contribution is 5.73. The summed E-state index contributed by atoms with van der Waals surface area (Å²) in [6.45, 7) is 5.78. The maximum Gasteiger partial charge on any atom is 0.314 e. The molecule has 0 radical (unpaired) electrons. The van der Waals surface area contributed by atoms with Crippen LogP contribution in [0, 0.1) is 11.3 Å². The highest BCUT2D eigenvalue weighted by atomic mass is 16.4. The summed E-state index contributed by atoms with van der Waals surface area (Å²) >= 11 is 0. The van der Waals surface area contributed by atoms with Crippen molar-refractivity contribution in [2.45, 2.75) is 52.4 Å². The Morgan fingerprint density at radius 1 is 1.16 bits per heavy atom. The molecule has 2 amide bonds. The lowest BCUT2D eigenvalue weighted by Gasteiger charge is -2.20. The van der Waals surface area contributed by atoms with Gasteiger partial charge in [-0.3, -0.25) is 4.79 Å². The Labute approximate surface area is 115 Å². The Hall–Kier alpha value is -1.26. The van der Waals surface area contributed by atoms with Gasteiger partial charge in [-0.1, -0.05) is 20.3 Å². The van der Waals surface area contributed by atoms with Crippen LogP contribution in [0.3, 0.4) is 0 Å². The van der Waals surface area contributed by atoms with Gasteiger partial charge >= 0.3 is 12.0 Å². The summed E-state index contributed by atoms with van der Waals surface area (Å²) in [6.07, 6.45) is 4.97. The standard InChI is InChI=1S/C14H26N2O3/c1-11(2)14(7-8-14)10-16-13(19)15-9-5-3-4-6-12(17)18/h11H,3-10H2,1-2H3,(H,17,18)(H2,15,16,19). The van der Waals surface area contributed by atoms with Crippen molar-refractivity contribution in [2.75, 3.05) is 13.1 Å². The number of carbonyl (C=O) groups excluding carboxylic acids is 1. The fraction of sp³-hybridized carbons (Fsp3) is 0.857. The van der Waals surface area contributed by atoms with Crippen LogP contribution in [0.15, 0.2) is 0 Å². The molecule has 1 rings (SSSR count). The highest BCUT2D eigenvalue weighted by Crippen LogP contribution is 2.51. The second-order valence-corrected chi connectivity index (χ2v) is 5.83. The first kappa shape index (κ1) is 15.8. The second-order valence-electron chi connectivity index (χ2n) is 5.83. The summed E-state index contributed by atoms with van der Waals surface area (Å²) in [5.41, 5.74) is 0.332. The van der Waals surface area contributed by atoms with Crippen molar-refractivity contribution in [1.82, 2.24) is 10.6 Å². The average molecular weight is 270 g/mol. The fourth-order valence-electron chi connectivity index (χ4n) is 2.22. The van der Waals surface area contributed by atoms with E-state index in [0.717, 1.165) is 19.4 Å². The van der Waals surface area contributed by atoms with Gasteiger partial charge < -0.3 is 15.7 Å². The lowest BCUT2D eigenvalue weighted by Crippen LogP contribution is -2.40. The van der Waals surface area contributed by atoms with Crippen molar-refractivity contribution in [3.05, 3.63) is 0 Å². The van der Waals surface area contributed by atoms with E-state index in [1.807, 2.05) is 0 Å². The highest BCUT2D eigenvalue weighted by Gasteiger charge is 2.45. The van der Waals surface area contributed by atoms with E-state index < -0.39 is 5.97 Å². The molecule has 0 atom stereocenters. The summed E-state index contributed by atoms with van der Waals surface area (Å²) in [5, 5.41) is 14.2. The largest absolute Gasteiger partial charge is 0.481 e. The van der Waals surface area contributed by atoms with Crippen LogP contribution in [-0.4, -0.2) is 30.2 Å². The lowest BCUT2D eigenvalue weighted by atomic mass is 9.92. The van der Waals surface area contributed by atoms with E-state index in [9.17, 15) is 9.59 Å². The first-order valence-corrected chi connectivity index (χ1v) is 7.20. The third-order valence-corrected chi connectivity index (χ3v) is 4.07. The number of rotatable bonds is 9. The number of carbonyl (C=O) groups is 2. The number of hydrogen-bond donors (Lipinski definition) is 3. The number of carboxylic acid groups (broad SMARTS) is 1. The van der Waals surface area contributed by atoms with E-state index in [0.29, 0.717) is 24.3 Å². The zero-order valence-electron chi connectivity index (χ0n) is 12.0. The van der Waals surface area contributed by atoms with Crippen molar-refractivity contribution in [3.63, 3.8) is 0 Å². The molecule has 0 spiro atoms. The molecular formula is C14H26N2O3. The van der Waals surface area contributed by atoms with Crippen LogP contribution >= 0.6 is 0 Å². The maximum atomic E-state index is 11.6. The predicted molar refractivity (Wildman–Crippen MR) is 74.0 cm³/mol. The van der Waals surface area contributed by atoms with Crippen molar-refractivity contribution in [2.24, 2.45) is 11.3 Å². The molecule has 0 aromatic rings. The molecule has 0 aromatic carbocycles. The minimum atomic E-state index is -0.755. The molecule has 1 aliphatic rings. The summed E-state index contributed by atoms with van der Waals surface area (Å²) in [6, 6.07) is -0.106. The van der Waals surface area contributed by atoms with Crippen molar-refractivity contribution >= 4 is 12.0 Å². The van der Waals surface area contributed by atoms with Gasteiger partial charge in [-0.15, -0.1) is 0 Å². The van der Waals surface area contributed by atoms with Crippen molar-refractivity contribution in [3.8, 4) is 0 Å². The van der Waals surface area contributed by atoms with E-state index in [4.69, 9.17) is 5.11 Å². The van der Waals surface area contributed by atoms with Gasteiger partial charge in [0.2, 0.25) is 0 Å². The minimum absolute atomic E-state index is 0.106. The fourth-order valence-corrected chi connectivity index (χ4v) is 2.22. The molecule has 1 aliphatic carbocycles. The Kier molecular flexibility index (Phi) is 6.12. The topological polar surface area (TPSA) is 78.4 Å². The van der Waals surface area contributed by atoms with E-state index >= 15 is 0 Å². The molecule has 0 aromatic heterocycles. The summed E-state index contributed by atoms with van der Waals surface area (Å²) in [7, 11) is 0. The van der Waals surface area contributed by atoms with Gasteiger partial charge in [-0.05, 0) is 37.0 Å². The first-order chi connectivity index (χ1) is 8.96. The zero-order chi connectivity index (χ0) is 14.3. The summed E-state index contributed by atoms with van der Waals surface area (Å²) in [4.78, 5) is 21.9. The molecule has 5 nitrogen and oxygen atoms in total. The average Bonchev–Trinajstić information content (AvgIpc) is 3.12. The minimum Gasteiger partial charge on any atom is -0.481 e. The number of hydrogen-bond acceptors (Lipinski definition) is 2. The summed E-state index contributed by atoms with van der Waals surface area (Å²) < 4.78 is 0. The molecule has 1 fully saturated rings. The van der Waals surface area contributed by atoms with Crippen molar-refractivity contribution in [1.29, 1.82) is 0 Å². The van der Waals surface area contributed by atoms with Gasteiger partial charge in [0.1, 0.15) is 0 Å². The van der Waals surface area contributed by atoms with Crippen LogP contribution in [-0.2, 0) is 4.79 Å². The molecule has 0 saturated heterocycles. The Balaban J connectivity index is 1.98. The van der Waals surface area contributed by atoms with Gasteiger partial charge in [-0.25, -0.2) is 4.79 Å². The van der Waals surface area contributed by atoms with E-state index in [2.05, 4.69) is 24.5 Å². The molecule has 0 unspecified atom stereocenters. The quantitative estimate of drug-likeness (QED) is 0.563. The van der Waals surface area contributed by atoms with Gasteiger partial charge in [0.15, 0.2) is 0 Å². The maximum absolute atomic E-state index is 11.6. The lowest BCUT2D eigenvalue weighted by molar-refractivity contribution is -0.137. The predicted octanol–water partition coefficient (Wildman–Crippen LogP) is 2.37. The third-order valence-electron chi connectivity index (χ3n) is 4.07. The molecule has 0 aliphatic heterocycles. The molecule has 19 heavy (non-hydrogen) atoms. The van der Waals surface area contributed by atoms with Gasteiger partial charge in [0.25, 0.3) is 0 Å². The van der Waals surface area contributed by atoms with Gasteiger partial charge in [0.05, 0.1) is 0 Å². The third kappa shape index (κ3) is 5.94. The second kappa shape index (κ2) is 7.36. The number of unbranched alkanes of at least 4 members (excludes halogenated alkanes) is 2. The first-order valence-electron chi connectivity index (χ1n) is 7.20.